The van der Waals surface area contributed by atoms with Crippen LogP contribution in [0.4, 0.5) is 11.4 Å². The SMILES string of the molecule is O=C(NC(=S)Nc1ccc(S(=O)(=O)N2CCc3ccccc32)cc1)c1ccc(O)cc1. The van der Waals surface area contributed by atoms with Crippen molar-refractivity contribution in [2.45, 2.75) is 11.3 Å². The van der Waals surface area contributed by atoms with E-state index < -0.39 is 15.9 Å². The summed E-state index contributed by atoms with van der Waals surface area (Å²) in [6.45, 7) is 0.412. The molecule has 0 saturated heterocycles. The summed E-state index contributed by atoms with van der Waals surface area (Å²) in [5.74, 6) is -0.367. The van der Waals surface area contributed by atoms with Crippen molar-refractivity contribution in [2.24, 2.45) is 0 Å². The number of nitrogens with zero attached hydrogens (tertiary/aromatic N) is 1. The van der Waals surface area contributed by atoms with Crippen LogP contribution in [0.2, 0.25) is 0 Å². The lowest BCUT2D eigenvalue weighted by Crippen LogP contribution is -2.34. The van der Waals surface area contributed by atoms with Crippen LogP contribution >= 0.6 is 12.2 Å². The second-order valence-electron chi connectivity index (χ2n) is 6.94. The smallest absolute Gasteiger partial charge is 0.264 e. The molecule has 1 aliphatic heterocycles. The Bertz CT molecular complexity index is 1240. The van der Waals surface area contributed by atoms with Crippen LogP contribution in [-0.2, 0) is 16.4 Å². The van der Waals surface area contributed by atoms with E-state index in [1.165, 1.54) is 40.7 Å². The predicted molar refractivity (Wildman–Crippen MR) is 123 cm³/mol. The molecule has 1 amide bonds. The van der Waals surface area contributed by atoms with Crippen molar-refractivity contribution in [2.75, 3.05) is 16.2 Å². The van der Waals surface area contributed by atoms with E-state index in [-0.39, 0.29) is 15.8 Å². The van der Waals surface area contributed by atoms with Crippen LogP contribution in [0, 0.1) is 0 Å². The fourth-order valence-electron chi connectivity index (χ4n) is 3.35. The molecule has 0 radical (unpaired) electrons. The molecular weight excluding hydrogens is 434 g/mol. The number of phenols is 1. The zero-order valence-corrected chi connectivity index (χ0v) is 17.9. The van der Waals surface area contributed by atoms with Crippen molar-refractivity contribution in [3.63, 3.8) is 0 Å². The van der Waals surface area contributed by atoms with Gasteiger partial charge in [-0.2, -0.15) is 0 Å². The fourth-order valence-corrected chi connectivity index (χ4v) is 5.06. The van der Waals surface area contributed by atoms with E-state index in [1.54, 1.807) is 12.1 Å². The highest BCUT2D eigenvalue weighted by atomic mass is 32.2. The Morgan fingerprint density at radius 2 is 1.65 bits per heavy atom. The second kappa shape index (κ2) is 8.37. The molecule has 0 aromatic heterocycles. The Balaban J connectivity index is 1.43. The molecule has 0 bridgehead atoms. The van der Waals surface area contributed by atoms with Crippen LogP contribution in [-0.4, -0.2) is 31.1 Å². The molecule has 31 heavy (non-hydrogen) atoms. The molecule has 1 aliphatic rings. The highest BCUT2D eigenvalue weighted by molar-refractivity contribution is 7.92. The van der Waals surface area contributed by atoms with Gasteiger partial charge in [-0.05, 0) is 78.8 Å². The first kappa shape index (κ1) is 20.8. The lowest BCUT2D eigenvalue weighted by molar-refractivity contribution is 0.0977. The number of phenolic OH excluding ortho intramolecular Hbond substituents is 1. The molecule has 158 valence electrons. The molecule has 0 unspecified atom stereocenters. The quantitative estimate of drug-likeness (QED) is 0.525. The summed E-state index contributed by atoms with van der Waals surface area (Å²) in [5, 5.41) is 14.8. The number of hydrogen-bond donors (Lipinski definition) is 3. The van der Waals surface area contributed by atoms with Gasteiger partial charge < -0.3 is 10.4 Å². The van der Waals surface area contributed by atoms with E-state index in [0.717, 1.165) is 5.56 Å². The van der Waals surface area contributed by atoms with Crippen molar-refractivity contribution in [3.05, 3.63) is 83.9 Å². The van der Waals surface area contributed by atoms with Gasteiger partial charge in [-0.1, -0.05) is 18.2 Å². The van der Waals surface area contributed by atoms with Crippen molar-refractivity contribution in [3.8, 4) is 5.75 Å². The van der Waals surface area contributed by atoms with E-state index in [0.29, 0.717) is 29.9 Å². The topological polar surface area (TPSA) is 98.7 Å². The lowest BCUT2D eigenvalue weighted by Gasteiger charge is -2.19. The summed E-state index contributed by atoms with van der Waals surface area (Å²) in [6.07, 6.45) is 0.685. The lowest BCUT2D eigenvalue weighted by atomic mass is 10.2. The number of amides is 1. The first-order valence-electron chi connectivity index (χ1n) is 9.47. The number of rotatable bonds is 4. The van der Waals surface area contributed by atoms with Gasteiger partial charge in [0.2, 0.25) is 0 Å². The number of benzene rings is 3. The van der Waals surface area contributed by atoms with Crippen molar-refractivity contribution >= 4 is 44.6 Å². The van der Waals surface area contributed by atoms with Gasteiger partial charge in [0.05, 0.1) is 10.6 Å². The Kier molecular flexibility index (Phi) is 5.62. The van der Waals surface area contributed by atoms with Gasteiger partial charge in [0.1, 0.15) is 5.75 Å². The van der Waals surface area contributed by atoms with Gasteiger partial charge >= 0.3 is 0 Å². The highest BCUT2D eigenvalue weighted by Gasteiger charge is 2.30. The molecule has 0 aliphatic carbocycles. The molecule has 0 atom stereocenters. The van der Waals surface area contributed by atoms with Crippen LogP contribution in [0.15, 0.2) is 77.7 Å². The third-order valence-corrected chi connectivity index (χ3v) is 6.93. The zero-order chi connectivity index (χ0) is 22.0. The molecule has 4 rings (SSSR count). The normalized spacial score (nSPS) is 12.8. The van der Waals surface area contributed by atoms with E-state index in [4.69, 9.17) is 12.2 Å². The maximum absolute atomic E-state index is 13.1. The summed E-state index contributed by atoms with van der Waals surface area (Å²) >= 11 is 5.16. The number of aromatic hydroxyl groups is 1. The number of fused-ring (bicyclic) bond motifs is 1. The zero-order valence-electron chi connectivity index (χ0n) is 16.3. The monoisotopic (exact) mass is 453 g/mol. The Labute approximate surface area is 185 Å². The highest BCUT2D eigenvalue weighted by Crippen LogP contribution is 2.32. The van der Waals surface area contributed by atoms with Gasteiger partial charge in [0, 0.05) is 17.8 Å². The van der Waals surface area contributed by atoms with Crippen molar-refractivity contribution in [1.82, 2.24) is 5.32 Å². The summed E-state index contributed by atoms with van der Waals surface area (Å²) in [6, 6.07) is 19.4. The summed E-state index contributed by atoms with van der Waals surface area (Å²) in [5.41, 5.74) is 2.60. The molecule has 3 N–H and O–H groups in total. The number of hydrogen-bond acceptors (Lipinski definition) is 5. The third-order valence-electron chi connectivity index (χ3n) is 4.90. The predicted octanol–water partition coefficient (Wildman–Crippen LogP) is 3.27. The Hall–Kier alpha value is -3.43. The van der Waals surface area contributed by atoms with E-state index in [1.807, 2.05) is 24.3 Å². The second-order valence-corrected chi connectivity index (χ2v) is 9.21. The van der Waals surface area contributed by atoms with Gasteiger partial charge in [-0.25, -0.2) is 8.42 Å². The maximum Gasteiger partial charge on any atom is 0.264 e. The standard InChI is InChI=1S/C22H19N3O4S2/c26-18-9-5-16(6-10-18)21(27)24-22(30)23-17-7-11-19(12-8-17)31(28,29)25-14-13-15-3-1-2-4-20(15)25/h1-12,26H,13-14H2,(H2,23,24,27,30). The number of nitrogens with one attached hydrogen (secondary N) is 2. The van der Waals surface area contributed by atoms with Gasteiger partial charge in [-0.3, -0.25) is 14.4 Å². The average molecular weight is 454 g/mol. The summed E-state index contributed by atoms with van der Waals surface area (Å²) in [4.78, 5) is 12.4. The van der Waals surface area contributed by atoms with Gasteiger partial charge in [-0.15, -0.1) is 0 Å². The van der Waals surface area contributed by atoms with Gasteiger partial charge in [0.25, 0.3) is 15.9 Å². The molecule has 7 nitrogen and oxygen atoms in total. The number of carbonyl (C=O) groups excluding carboxylic acids is 1. The van der Waals surface area contributed by atoms with Gasteiger partial charge in [0.15, 0.2) is 5.11 Å². The van der Waals surface area contributed by atoms with E-state index in [2.05, 4.69) is 10.6 Å². The van der Waals surface area contributed by atoms with Crippen molar-refractivity contribution in [1.29, 1.82) is 0 Å². The molecule has 1 heterocycles. The fraction of sp³-hybridized carbons (Fsp3) is 0.0909. The van der Waals surface area contributed by atoms with E-state index in [9.17, 15) is 18.3 Å². The van der Waals surface area contributed by atoms with Crippen LogP contribution in [0.5, 0.6) is 5.75 Å². The number of thiocarbonyl (C=S) groups is 1. The molecular formula is C22H19N3O4S2. The third kappa shape index (κ3) is 4.37. The van der Waals surface area contributed by atoms with Crippen LogP contribution < -0.4 is 14.9 Å². The minimum absolute atomic E-state index is 0.0599. The molecule has 3 aromatic rings. The molecule has 0 fully saturated rings. The molecule has 0 saturated carbocycles. The molecule has 3 aromatic carbocycles. The van der Waals surface area contributed by atoms with Crippen LogP contribution in [0.25, 0.3) is 0 Å². The first-order chi connectivity index (χ1) is 14.8. The minimum Gasteiger partial charge on any atom is -0.508 e. The number of carbonyl (C=O) groups is 1. The first-order valence-corrected chi connectivity index (χ1v) is 11.3. The number of para-hydroxylation sites is 1. The molecule has 9 heteroatoms. The minimum atomic E-state index is -3.67. The number of anilines is 2. The average Bonchev–Trinajstić information content (AvgIpc) is 3.19. The Morgan fingerprint density at radius 3 is 2.35 bits per heavy atom. The van der Waals surface area contributed by atoms with Crippen LogP contribution in [0.3, 0.4) is 0 Å². The largest absolute Gasteiger partial charge is 0.508 e. The summed E-state index contributed by atoms with van der Waals surface area (Å²) < 4.78 is 27.5. The maximum atomic E-state index is 13.1. The van der Waals surface area contributed by atoms with Crippen molar-refractivity contribution < 1.29 is 18.3 Å². The molecule has 0 spiro atoms. The van der Waals surface area contributed by atoms with Crippen LogP contribution in [0.1, 0.15) is 15.9 Å². The summed E-state index contributed by atoms with van der Waals surface area (Å²) in [7, 11) is -3.67. The van der Waals surface area contributed by atoms with E-state index >= 15 is 0 Å². The number of sulfonamides is 1. The Morgan fingerprint density at radius 1 is 0.968 bits per heavy atom.